The topological polar surface area (TPSA) is 29.9 Å². The summed E-state index contributed by atoms with van der Waals surface area (Å²) >= 11 is 5.37. The fourth-order valence-corrected chi connectivity index (χ4v) is 2.16. The summed E-state index contributed by atoms with van der Waals surface area (Å²) < 4.78 is 8.42. The fourth-order valence-electron chi connectivity index (χ4n) is 1.88. The van der Waals surface area contributed by atoms with Crippen LogP contribution >= 0.6 is 12.2 Å². The third-order valence-electron chi connectivity index (χ3n) is 2.75. The molecule has 0 fully saturated rings. The van der Waals surface area contributed by atoms with Crippen LogP contribution in [-0.4, -0.2) is 16.2 Å². The predicted octanol–water partition coefficient (Wildman–Crippen LogP) is 4.06. The lowest BCUT2D eigenvalue weighted by molar-refractivity contribution is 0.343. The molecule has 3 nitrogen and oxygen atoms in total. The van der Waals surface area contributed by atoms with E-state index in [1.54, 1.807) is 0 Å². The second-order valence-electron chi connectivity index (χ2n) is 4.41. The normalized spacial score (nSPS) is 10.6. The number of benzene rings is 1. The molecule has 0 aliphatic heterocycles. The highest BCUT2D eigenvalue weighted by molar-refractivity contribution is 7.71. The number of hydrogen-bond donors (Lipinski definition) is 1. The average Bonchev–Trinajstić information content (AvgIpc) is 2.64. The zero-order chi connectivity index (χ0) is 13.1. The number of allylic oxidation sites excluding steroid dienone is 2. The smallest absolute Gasteiger partial charge is 0.178 e. The van der Waals surface area contributed by atoms with Crippen molar-refractivity contribution in [3.05, 3.63) is 34.6 Å². The summed E-state index contributed by atoms with van der Waals surface area (Å²) in [5.41, 5.74) is 3.35. The van der Waals surface area contributed by atoms with E-state index in [1.807, 2.05) is 19.1 Å². The second-order valence-corrected chi connectivity index (χ2v) is 4.79. The number of nitrogens with one attached hydrogen (secondary N) is 1. The predicted molar refractivity (Wildman–Crippen MR) is 77.7 cm³/mol. The minimum absolute atomic E-state index is 0.652. The first kappa shape index (κ1) is 12.9. The van der Waals surface area contributed by atoms with Crippen LogP contribution < -0.4 is 4.74 Å². The van der Waals surface area contributed by atoms with Crippen LogP contribution in [0.1, 0.15) is 20.8 Å². The van der Waals surface area contributed by atoms with E-state index in [0.717, 1.165) is 28.1 Å². The van der Waals surface area contributed by atoms with Gasteiger partial charge in [-0.2, -0.15) is 0 Å². The first-order valence-electron chi connectivity index (χ1n) is 6.11. The van der Waals surface area contributed by atoms with Gasteiger partial charge in [0.15, 0.2) is 4.77 Å². The molecule has 0 saturated carbocycles. The lowest BCUT2D eigenvalue weighted by Gasteiger charge is -2.05. The zero-order valence-electron chi connectivity index (χ0n) is 11.0. The molecule has 0 radical (unpaired) electrons. The highest BCUT2D eigenvalue weighted by Crippen LogP contribution is 2.25. The first-order valence-corrected chi connectivity index (χ1v) is 6.52. The Morgan fingerprint density at radius 2 is 2.22 bits per heavy atom. The van der Waals surface area contributed by atoms with Gasteiger partial charge < -0.3 is 14.3 Å². The Balaban J connectivity index is 2.55. The van der Waals surface area contributed by atoms with Crippen LogP contribution in [0.4, 0.5) is 0 Å². The van der Waals surface area contributed by atoms with E-state index in [-0.39, 0.29) is 0 Å². The van der Waals surface area contributed by atoms with E-state index < -0.39 is 0 Å². The maximum atomic E-state index is 5.61. The molecule has 0 bridgehead atoms. The van der Waals surface area contributed by atoms with Crippen molar-refractivity contribution in [1.29, 1.82) is 0 Å². The van der Waals surface area contributed by atoms with Gasteiger partial charge in [-0.1, -0.05) is 17.7 Å². The number of rotatable bonds is 4. The average molecular weight is 262 g/mol. The van der Waals surface area contributed by atoms with E-state index in [1.165, 1.54) is 5.57 Å². The Morgan fingerprint density at radius 3 is 2.89 bits per heavy atom. The monoisotopic (exact) mass is 262 g/mol. The van der Waals surface area contributed by atoms with Crippen molar-refractivity contribution < 1.29 is 4.74 Å². The molecule has 18 heavy (non-hydrogen) atoms. The molecule has 4 heteroatoms. The summed E-state index contributed by atoms with van der Waals surface area (Å²) in [6.45, 7) is 7.59. The standard InChI is InChI=1S/C14H18N2OS/c1-4-17-12-7-5-6-11-13(12)15-14(18)16(11)9-8-10(2)3/h5-8H,4,9H2,1-3H3,(H,15,18). The fraction of sp³-hybridized carbons (Fsp3) is 0.357. The number of aromatic amines is 1. The molecule has 2 rings (SSSR count). The number of ether oxygens (including phenoxy) is 1. The third-order valence-corrected chi connectivity index (χ3v) is 3.08. The van der Waals surface area contributed by atoms with Gasteiger partial charge in [-0.15, -0.1) is 0 Å². The molecule has 96 valence electrons. The molecule has 1 aromatic heterocycles. The van der Waals surface area contributed by atoms with Crippen LogP contribution in [0.25, 0.3) is 11.0 Å². The highest BCUT2D eigenvalue weighted by atomic mass is 32.1. The van der Waals surface area contributed by atoms with Crippen molar-refractivity contribution >= 4 is 23.3 Å². The number of fused-ring (bicyclic) bond motifs is 1. The quantitative estimate of drug-likeness (QED) is 0.665. The Hall–Kier alpha value is -1.55. The van der Waals surface area contributed by atoms with Crippen molar-refractivity contribution in [3.8, 4) is 5.75 Å². The number of hydrogen-bond acceptors (Lipinski definition) is 2. The first-order chi connectivity index (χ1) is 8.63. The summed E-state index contributed by atoms with van der Waals surface area (Å²) in [5.74, 6) is 0.858. The van der Waals surface area contributed by atoms with Crippen LogP contribution in [0, 0.1) is 4.77 Å². The van der Waals surface area contributed by atoms with Crippen molar-refractivity contribution in [2.24, 2.45) is 0 Å². The van der Waals surface area contributed by atoms with Crippen LogP contribution in [0.2, 0.25) is 0 Å². The summed E-state index contributed by atoms with van der Waals surface area (Å²) in [5, 5.41) is 0. The van der Waals surface area contributed by atoms with Gasteiger partial charge in [-0.3, -0.25) is 0 Å². The number of aromatic nitrogens is 2. The molecule has 0 amide bonds. The van der Waals surface area contributed by atoms with Crippen LogP contribution in [0.15, 0.2) is 29.8 Å². The number of imidazole rings is 1. The second kappa shape index (κ2) is 5.40. The van der Waals surface area contributed by atoms with E-state index in [9.17, 15) is 0 Å². The van der Waals surface area contributed by atoms with Gasteiger partial charge in [0, 0.05) is 6.54 Å². The van der Waals surface area contributed by atoms with Gasteiger partial charge in [0.25, 0.3) is 0 Å². The largest absolute Gasteiger partial charge is 0.492 e. The van der Waals surface area contributed by atoms with E-state index in [4.69, 9.17) is 17.0 Å². The van der Waals surface area contributed by atoms with Crippen molar-refractivity contribution in [1.82, 2.24) is 9.55 Å². The molecule has 0 aliphatic carbocycles. The van der Waals surface area contributed by atoms with Gasteiger partial charge in [0.1, 0.15) is 11.3 Å². The van der Waals surface area contributed by atoms with Gasteiger partial charge in [0.2, 0.25) is 0 Å². The molecule has 1 heterocycles. The molecule has 2 aromatic rings. The van der Waals surface area contributed by atoms with Gasteiger partial charge in [-0.05, 0) is 45.1 Å². The van der Waals surface area contributed by atoms with Crippen LogP contribution in [-0.2, 0) is 6.54 Å². The molecular formula is C14H18N2OS. The van der Waals surface area contributed by atoms with Gasteiger partial charge in [-0.25, -0.2) is 0 Å². The lowest BCUT2D eigenvalue weighted by atomic mass is 10.3. The maximum absolute atomic E-state index is 5.61. The summed E-state index contributed by atoms with van der Waals surface area (Å²) in [6.07, 6.45) is 2.16. The van der Waals surface area contributed by atoms with Crippen molar-refractivity contribution in [2.75, 3.05) is 6.61 Å². The Bertz CT molecular complexity index is 633. The maximum Gasteiger partial charge on any atom is 0.178 e. The van der Waals surface area contributed by atoms with Crippen molar-refractivity contribution in [2.45, 2.75) is 27.3 Å². The van der Waals surface area contributed by atoms with Gasteiger partial charge in [0.05, 0.1) is 12.1 Å². The SMILES string of the molecule is CCOc1cccc2c1[nH]c(=S)n2CC=C(C)C. The van der Waals surface area contributed by atoms with E-state index in [2.05, 4.69) is 35.5 Å². The summed E-state index contributed by atoms with van der Waals surface area (Å²) in [6, 6.07) is 6.01. The molecular weight excluding hydrogens is 244 g/mol. The minimum atomic E-state index is 0.652. The molecule has 1 aromatic carbocycles. The van der Waals surface area contributed by atoms with E-state index >= 15 is 0 Å². The number of H-pyrrole nitrogens is 1. The molecule has 0 saturated heterocycles. The highest BCUT2D eigenvalue weighted by Gasteiger charge is 2.07. The summed E-state index contributed by atoms with van der Waals surface area (Å²) in [7, 11) is 0. The number of nitrogens with zero attached hydrogens (tertiary/aromatic N) is 1. The molecule has 0 spiro atoms. The Labute approximate surface area is 112 Å². The molecule has 0 unspecified atom stereocenters. The molecule has 0 atom stereocenters. The van der Waals surface area contributed by atoms with Crippen molar-refractivity contribution in [3.63, 3.8) is 0 Å². The zero-order valence-corrected chi connectivity index (χ0v) is 11.8. The summed E-state index contributed by atoms with van der Waals surface area (Å²) in [4.78, 5) is 3.23. The van der Waals surface area contributed by atoms with Crippen LogP contribution in [0.3, 0.4) is 0 Å². The lowest BCUT2D eigenvalue weighted by Crippen LogP contribution is -1.96. The van der Waals surface area contributed by atoms with Crippen LogP contribution in [0.5, 0.6) is 5.75 Å². The molecule has 1 N–H and O–H groups in total. The number of para-hydroxylation sites is 1. The van der Waals surface area contributed by atoms with Gasteiger partial charge >= 0.3 is 0 Å². The Morgan fingerprint density at radius 1 is 1.44 bits per heavy atom. The molecule has 0 aliphatic rings. The third kappa shape index (κ3) is 2.48. The van der Waals surface area contributed by atoms with E-state index in [0.29, 0.717) is 6.61 Å². The minimum Gasteiger partial charge on any atom is -0.492 e. The Kier molecular flexibility index (Phi) is 3.87.